The van der Waals surface area contributed by atoms with E-state index in [1.807, 2.05) is 25.2 Å². The molecule has 28 heavy (non-hydrogen) atoms. The predicted molar refractivity (Wildman–Crippen MR) is 97.7 cm³/mol. The summed E-state index contributed by atoms with van der Waals surface area (Å²) in [5, 5.41) is 11.5. The Morgan fingerprint density at radius 2 is 1.86 bits per heavy atom. The van der Waals surface area contributed by atoms with Crippen LogP contribution in [0.25, 0.3) is 0 Å². The average Bonchev–Trinajstić information content (AvgIpc) is 2.63. The maximum absolute atomic E-state index is 13.6. The zero-order valence-electron chi connectivity index (χ0n) is 15.2. The number of hydrogen-bond donors (Lipinski definition) is 1. The highest BCUT2D eigenvalue weighted by Crippen LogP contribution is 2.25. The summed E-state index contributed by atoms with van der Waals surface area (Å²) < 4.78 is 53.5. The number of anilines is 1. The lowest BCUT2D eigenvalue weighted by atomic mass is 10.1. The van der Waals surface area contributed by atoms with E-state index in [4.69, 9.17) is 0 Å². The lowest BCUT2D eigenvalue weighted by Crippen LogP contribution is -2.16. The molecule has 2 rings (SSSR count). The Morgan fingerprint density at radius 3 is 2.43 bits per heavy atom. The minimum atomic E-state index is -1.67. The zero-order chi connectivity index (χ0) is 20.8. The van der Waals surface area contributed by atoms with E-state index in [1.165, 1.54) is 0 Å². The van der Waals surface area contributed by atoms with Crippen molar-refractivity contribution in [2.24, 2.45) is 5.92 Å². The Balaban J connectivity index is 2.02. The first-order chi connectivity index (χ1) is 13.2. The smallest absolute Gasteiger partial charge is 0.225 e. The fourth-order valence-corrected chi connectivity index (χ4v) is 3.26. The molecule has 1 amide bonds. The van der Waals surface area contributed by atoms with Gasteiger partial charge in [0.1, 0.15) is 16.8 Å². The van der Waals surface area contributed by atoms with Gasteiger partial charge >= 0.3 is 0 Å². The summed E-state index contributed by atoms with van der Waals surface area (Å²) in [4.78, 5) is 16.3. The number of carbonyl (C=O) groups excluding carboxylic acids is 1. The van der Waals surface area contributed by atoms with Crippen molar-refractivity contribution in [2.45, 2.75) is 31.7 Å². The third kappa shape index (κ3) is 5.45. The van der Waals surface area contributed by atoms with E-state index in [0.717, 1.165) is 23.9 Å². The standard InChI is InChI=1S/C19H17F4N3OS/c1-10(2)7-12-4-3-11(9-24)19(25-12)28-6-5-15(27)26-18-16(22)13(20)8-14(21)17(18)23/h3-4,8,10H,5-7H2,1-2H3,(H,26,27). The minimum Gasteiger partial charge on any atom is -0.321 e. The monoisotopic (exact) mass is 411 g/mol. The topological polar surface area (TPSA) is 65.8 Å². The molecule has 148 valence electrons. The van der Waals surface area contributed by atoms with Crippen LogP contribution in [-0.4, -0.2) is 16.6 Å². The number of thioether (sulfide) groups is 1. The van der Waals surface area contributed by atoms with E-state index in [0.29, 0.717) is 16.5 Å². The van der Waals surface area contributed by atoms with E-state index < -0.39 is 34.9 Å². The number of benzene rings is 1. The first-order valence-corrected chi connectivity index (χ1v) is 9.37. The molecule has 0 fully saturated rings. The van der Waals surface area contributed by atoms with Crippen LogP contribution in [-0.2, 0) is 11.2 Å². The fourth-order valence-electron chi connectivity index (χ4n) is 2.33. The molecule has 0 saturated heterocycles. The number of amides is 1. The van der Waals surface area contributed by atoms with Crippen molar-refractivity contribution in [2.75, 3.05) is 11.1 Å². The molecule has 0 atom stereocenters. The minimum absolute atomic E-state index is 0.0649. The van der Waals surface area contributed by atoms with Crippen molar-refractivity contribution in [1.82, 2.24) is 4.98 Å². The number of carbonyl (C=O) groups is 1. The second-order valence-corrected chi connectivity index (χ2v) is 7.44. The Labute approximate surface area is 164 Å². The van der Waals surface area contributed by atoms with Gasteiger partial charge in [0.25, 0.3) is 0 Å². The van der Waals surface area contributed by atoms with Gasteiger partial charge in [0.2, 0.25) is 5.91 Å². The largest absolute Gasteiger partial charge is 0.321 e. The molecule has 0 aliphatic heterocycles. The summed E-state index contributed by atoms with van der Waals surface area (Å²) in [5.41, 5.74) is -0.00944. The Bertz CT molecular complexity index is 902. The molecule has 0 radical (unpaired) electrons. The highest BCUT2D eigenvalue weighted by atomic mass is 32.2. The molecular formula is C19H17F4N3OS. The molecule has 0 aliphatic carbocycles. The molecule has 0 aliphatic rings. The summed E-state index contributed by atoms with van der Waals surface area (Å²) in [6.07, 6.45) is 0.520. The normalized spacial score (nSPS) is 10.8. The van der Waals surface area contributed by atoms with Crippen LogP contribution in [0.3, 0.4) is 0 Å². The number of rotatable bonds is 7. The quantitative estimate of drug-likeness (QED) is 0.403. The van der Waals surface area contributed by atoms with Gasteiger partial charge in [0.15, 0.2) is 23.3 Å². The van der Waals surface area contributed by atoms with Crippen LogP contribution in [0.2, 0.25) is 0 Å². The first kappa shape index (κ1) is 21.7. The zero-order valence-corrected chi connectivity index (χ0v) is 16.0. The second-order valence-electron chi connectivity index (χ2n) is 6.35. The molecule has 1 N–H and O–H groups in total. The molecule has 0 unspecified atom stereocenters. The van der Waals surface area contributed by atoms with E-state index in [-0.39, 0.29) is 18.2 Å². The number of pyridine rings is 1. The van der Waals surface area contributed by atoms with Gasteiger partial charge in [0.05, 0.1) is 5.56 Å². The van der Waals surface area contributed by atoms with Crippen LogP contribution < -0.4 is 5.32 Å². The van der Waals surface area contributed by atoms with Gasteiger partial charge in [-0.25, -0.2) is 22.5 Å². The number of aromatic nitrogens is 1. The van der Waals surface area contributed by atoms with Crippen molar-refractivity contribution in [3.8, 4) is 6.07 Å². The van der Waals surface area contributed by atoms with Crippen molar-refractivity contribution in [3.63, 3.8) is 0 Å². The van der Waals surface area contributed by atoms with Crippen LogP contribution in [0.4, 0.5) is 23.2 Å². The lowest BCUT2D eigenvalue weighted by Gasteiger charge is -2.10. The first-order valence-electron chi connectivity index (χ1n) is 8.38. The summed E-state index contributed by atoms with van der Waals surface area (Å²) in [5.74, 6) is -6.85. The van der Waals surface area contributed by atoms with Crippen LogP contribution in [0.1, 0.15) is 31.5 Å². The van der Waals surface area contributed by atoms with Crippen LogP contribution in [0.15, 0.2) is 23.2 Å². The summed E-state index contributed by atoms with van der Waals surface area (Å²) in [6.45, 7) is 4.06. The maximum atomic E-state index is 13.6. The highest BCUT2D eigenvalue weighted by Gasteiger charge is 2.21. The third-order valence-corrected chi connectivity index (χ3v) is 4.59. The van der Waals surface area contributed by atoms with E-state index >= 15 is 0 Å². The van der Waals surface area contributed by atoms with Gasteiger partial charge in [-0.2, -0.15) is 5.26 Å². The van der Waals surface area contributed by atoms with Crippen LogP contribution >= 0.6 is 11.8 Å². The molecule has 0 saturated carbocycles. The molecule has 1 aromatic heterocycles. The molecular weight excluding hydrogens is 394 g/mol. The molecule has 1 aromatic carbocycles. The molecule has 0 bridgehead atoms. The van der Waals surface area contributed by atoms with Gasteiger partial charge in [-0.15, -0.1) is 11.8 Å². The van der Waals surface area contributed by atoms with Crippen LogP contribution in [0, 0.1) is 40.5 Å². The van der Waals surface area contributed by atoms with Crippen LogP contribution in [0.5, 0.6) is 0 Å². The third-order valence-electron chi connectivity index (χ3n) is 3.60. The second kappa shape index (κ2) is 9.55. The van der Waals surface area contributed by atoms with E-state index in [1.54, 1.807) is 12.1 Å². The average molecular weight is 411 g/mol. The van der Waals surface area contributed by atoms with Gasteiger partial charge in [-0.1, -0.05) is 13.8 Å². The Morgan fingerprint density at radius 1 is 1.21 bits per heavy atom. The number of hydrogen-bond acceptors (Lipinski definition) is 4. The summed E-state index contributed by atoms with van der Waals surface area (Å²) in [7, 11) is 0. The molecule has 1 heterocycles. The highest BCUT2D eigenvalue weighted by molar-refractivity contribution is 7.99. The van der Waals surface area contributed by atoms with Gasteiger partial charge in [0, 0.05) is 23.9 Å². The van der Waals surface area contributed by atoms with Crippen molar-refractivity contribution in [3.05, 3.63) is 52.7 Å². The summed E-state index contributed by atoms with van der Waals surface area (Å²) >= 11 is 1.14. The van der Waals surface area contributed by atoms with E-state index in [2.05, 4.69) is 4.98 Å². The molecule has 0 spiro atoms. The van der Waals surface area contributed by atoms with Gasteiger partial charge in [-0.3, -0.25) is 4.79 Å². The lowest BCUT2D eigenvalue weighted by molar-refractivity contribution is -0.115. The molecule has 2 aromatic rings. The number of nitrogens with zero attached hydrogens (tertiary/aromatic N) is 2. The predicted octanol–water partition coefficient (Wildman–Crippen LogP) is 4.83. The SMILES string of the molecule is CC(C)Cc1ccc(C#N)c(SCCC(=O)Nc2c(F)c(F)cc(F)c2F)n1. The van der Waals surface area contributed by atoms with Gasteiger partial charge < -0.3 is 5.32 Å². The summed E-state index contributed by atoms with van der Waals surface area (Å²) in [6, 6.07) is 5.49. The van der Waals surface area contributed by atoms with E-state index in [9.17, 15) is 27.6 Å². The fraction of sp³-hybridized carbons (Fsp3) is 0.316. The number of nitriles is 1. The van der Waals surface area contributed by atoms with Crippen molar-refractivity contribution >= 4 is 23.4 Å². The Kier molecular flexibility index (Phi) is 7.40. The molecule has 9 heteroatoms. The number of nitrogens with one attached hydrogen (secondary N) is 1. The Hall–Kier alpha value is -2.60. The molecule has 4 nitrogen and oxygen atoms in total. The van der Waals surface area contributed by atoms with Crippen molar-refractivity contribution in [1.29, 1.82) is 5.26 Å². The van der Waals surface area contributed by atoms with Gasteiger partial charge in [-0.05, 0) is 24.5 Å². The van der Waals surface area contributed by atoms with Crippen molar-refractivity contribution < 1.29 is 22.4 Å². The number of halogens is 4. The maximum Gasteiger partial charge on any atom is 0.225 e.